The summed E-state index contributed by atoms with van der Waals surface area (Å²) in [5.74, 6) is 0. The Balaban J connectivity index is 1.25. The summed E-state index contributed by atoms with van der Waals surface area (Å²) >= 11 is 5.69. The van der Waals surface area contributed by atoms with Crippen LogP contribution in [0.3, 0.4) is 0 Å². The van der Waals surface area contributed by atoms with Crippen LogP contribution in [0.5, 0.6) is 0 Å². The summed E-state index contributed by atoms with van der Waals surface area (Å²) in [6.45, 7) is 0. The van der Waals surface area contributed by atoms with Crippen LogP contribution in [0, 0.1) is 0 Å². The lowest BCUT2D eigenvalue weighted by Crippen LogP contribution is -1.96. The van der Waals surface area contributed by atoms with E-state index in [-0.39, 0.29) is 0 Å². The molecule has 8 aromatic carbocycles. The number of aromatic nitrogens is 1. The maximum atomic E-state index is 2.55. The first kappa shape index (κ1) is 28.9. The predicted molar refractivity (Wildman–Crippen MR) is 230 cm³/mol. The number of fused-ring (bicyclic) bond motifs is 14. The molecular weight excluding hydrogens is 687 g/mol. The van der Waals surface area contributed by atoms with Crippen LogP contribution in [-0.2, 0) is 0 Å². The summed E-state index contributed by atoms with van der Waals surface area (Å²) < 4.78 is 10.5. The van der Waals surface area contributed by atoms with Gasteiger partial charge in [0.2, 0.25) is 0 Å². The van der Waals surface area contributed by atoms with Crippen LogP contribution in [0.15, 0.2) is 164 Å². The minimum atomic E-state index is 1.17. The van der Waals surface area contributed by atoms with Crippen LogP contribution in [0.2, 0.25) is 0 Å². The molecule has 0 N–H and O–H groups in total. The molecule has 0 aliphatic rings. The van der Waals surface area contributed by atoms with Gasteiger partial charge in [-0.2, -0.15) is 0 Å². The normalized spacial score (nSPS) is 12.2. The minimum Gasteiger partial charge on any atom is -0.309 e. The van der Waals surface area contributed by atoms with E-state index in [0.29, 0.717) is 0 Å². The van der Waals surface area contributed by atoms with Gasteiger partial charge >= 0.3 is 0 Å². The van der Waals surface area contributed by atoms with Gasteiger partial charge in [-0.15, -0.1) is 34.0 Å². The quantitative estimate of drug-likeness (QED) is 0.172. The van der Waals surface area contributed by atoms with E-state index in [2.05, 4.69) is 168 Å². The maximum Gasteiger partial charge on any atom is 0.0548 e. The molecule has 12 rings (SSSR count). The van der Waals surface area contributed by atoms with Crippen LogP contribution < -0.4 is 0 Å². The van der Waals surface area contributed by atoms with Crippen molar-refractivity contribution in [1.29, 1.82) is 0 Å². The second kappa shape index (κ2) is 10.9. The van der Waals surface area contributed by atoms with E-state index in [4.69, 9.17) is 0 Å². The van der Waals surface area contributed by atoms with E-state index in [1.807, 2.05) is 34.0 Å². The SMILES string of the molecule is c1ccc(-c2cc(-c3cccc4c3sc3ccccc34)cc(-n3c4ccc5sc6ccccc6c5c4c4c5c(ccc43)sc3ccccc35)c2)cc1. The van der Waals surface area contributed by atoms with Gasteiger partial charge in [0, 0.05) is 77.0 Å². The molecule has 4 aromatic heterocycles. The molecule has 242 valence electrons. The van der Waals surface area contributed by atoms with Crippen LogP contribution >= 0.6 is 34.0 Å². The Hall–Kier alpha value is -5.78. The number of rotatable bonds is 3. The minimum absolute atomic E-state index is 1.17. The van der Waals surface area contributed by atoms with Crippen molar-refractivity contribution < 1.29 is 0 Å². The number of thiophene rings is 3. The topological polar surface area (TPSA) is 4.93 Å². The third kappa shape index (κ3) is 4.03. The standard InChI is InChI=1S/C48H27NS3/c1-2-11-28(12-3-1)29-25-30(32-16-10-17-34-33-13-4-7-18-39(33)52-48(32)34)27-31(26-29)49-37-21-23-42-44(35-14-5-8-19-40(35)50-42)46(37)47-38(49)22-24-43-45(47)36-15-6-9-20-41(36)51-43/h1-27H. The monoisotopic (exact) mass is 713 g/mol. The first-order valence-electron chi connectivity index (χ1n) is 17.6. The van der Waals surface area contributed by atoms with Gasteiger partial charge in [-0.3, -0.25) is 0 Å². The van der Waals surface area contributed by atoms with E-state index in [9.17, 15) is 0 Å². The fourth-order valence-electron chi connectivity index (χ4n) is 8.57. The van der Waals surface area contributed by atoms with Crippen molar-refractivity contribution in [3.05, 3.63) is 164 Å². The lowest BCUT2D eigenvalue weighted by molar-refractivity contribution is 1.18. The maximum absolute atomic E-state index is 2.55. The predicted octanol–water partition coefficient (Wildman–Crippen LogP) is 15.2. The third-order valence-electron chi connectivity index (χ3n) is 10.8. The van der Waals surface area contributed by atoms with E-state index in [1.54, 1.807) is 0 Å². The highest BCUT2D eigenvalue weighted by Gasteiger charge is 2.22. The van der Waals surface area contributed by atoms with E-state index < -0.39 is 0 Å². The van der Waals surface area contributed by atoms with E-state index in [1.165, 1.54) is 110 Å². The zero-order chi connectivity index (χ0) is 33.9. The first-order valence-corrected chi connectivity index (χ1v) is 20.0. The molecule has 0 radical (unpaired) electrons. The highest BCUT2D eigenvalue weighted by atomic mass is 32.1. The first-order chi connectivity index (χ1) is 25.8. The number of hydrogen-bond donors (Lipinski definition) is 0. The summed E-state index contributed by atoms with van der Waals surface area (Å²) in [5, 5.41) is 10.7. The number of nitrogens with zero attached hydrogens (tertiary/aromatic N) is 1. The van der Waals surface area contributed by atoms with Crippen molar-refractivity contribution in [2.45, 2.75) is 0 Å². The summed E-state index contributed by atoms with van der Waals surface area (Å²) in [5.41, 5.74) is 8.59. The molecule has 0 bridgehead atoms. The van der Waals surface area contributed by atoms with E-state index >= 15 is 0 Å². The molecule has 12 aromatic rings. The second-order valence-electron chi connectivity index (χ2n) is 13.6. The molecule has 0 spiro atoms. The lowest BCUT2D eigenvalue weighted by Gasteiger charge is -2.14. The van der Waals surface area contributed by atoms with Gasteiger partial charge in [-0.25, -0.2) is 0 Å². The van der Waals surface area contributed by atoms with Crippen molar-refractivity contribution in [1.82, 2.24) is 4.57 Å². The van der Waals surface area contributed by atoms with Crippen LogP contribution in [-0.4, -0.2) is 4.57 Å². The summed E-state index contributed by atoms with van der Waals surface area (Å²) in [6, 6.07) is 61.0. The van der Waals surface area contributed by atoms with Crippen molar-refractivity contribution in [3.8, 4) is 27.9 Å². The Morgan fingerprint density at radius 3 is 1.52 bits per heavy atom. The zero-order valence-corrected chi connectivity index (χ0v) is 30.2. The van der Waals surface area contributed by atoms with Gasteiger partial charge in [-0.1, -0.05) is 103 Å². The zero-order valence-electron chi connectivity index (χ0n) is 27.8. The second-order valence-corrected chi connectivity index (χ2v) is 16.8. The largest absolute Gasteiger partial charge is 0.309 e. The Bertz CT molecular complexity index is 3280. The van der Waals surface area contributed by atoms with Gasteiger partial charge in [0.05, 0.1) is 11.0 Å². The van der Waals surface area contributed by atoms with Crippen molar-refractivity contribution in [2.24, 2.45) is 0 Å². The van der Waals surface area contributed by atoms with Crippen LogP contribution in [0.25, 0.3) is 110 Å². The molecule has 0 fully saturated rings. The third-order valence-corrected chi connectivity index (χ3v) is 14.3. The Kier molecular flexibility index (Phi) is 6.03. The van der Waals surface area contributed by atoms with Gasteiger partial charge < -0.3 is 4.57 Å². The molecule has 0 saturated carbocycles. The van der Waals surface area contributed by atoms with Gasteiger partial charge in [-0.05, 0) is 82.9 Å². The molecule has 0 aliphatic heterocycles. The summed E-state index contributed by atoms with van der Waals surface area (Å²) in [4.78, 5) is 0. The molecule has 0 aliphatic carbocycles. The molecule has 0 saturated heterocycles. The fraction of sp³-hybridized carbons (Fsp3) is 0. The summed E-state index contributed by atoms with van der Waals surface area (Å²) in [7, 11) is 0. The van der Waals surface area contributed by atoms with Crippen molar-refractivity contribution in [2.75, 3.05) is 0 Å². The molecule has 0 unspecified atom stereocenters. The molecular formula is C48H27NS3. The summed E-state index contributed by atoms with van der Waals surface area (Å²) in [6.07, 6.45) is 0. The Morgan fingerprint density at radius 1 is 0.327 bits per heavy atom. The molecule has 0 atom stereocenters. The highest BCUT2D eigenvalue weighted by Crippen LogP contribution is 2.49. The number of benzene rings is 8. The van der Waals surface area contributed by atoms with Crippen molar-refractivity contribution in [3.63, 3.8) is 0 Å². The lowest BCUT2D eigenvalue weighted by atomic mass is 9.96. The molecule has 4 heteroatoms. The smallest absolute Gasteiger partial charge is 0.0548 e. The van der Waals surface area contributed by atoms with Gasteiger partial charge in [0.1, 0.15) is 0 Å². The van der Waals surface area contributed by atoms with Gasteiger partial charge in [0.15, 0.2) is 0 Å². The molecule has 4 heterocycles. The molecule has 1 nitrogen and oxygen atoms in total. The van der Waals surface area contributed by atoms with Crippen molar-refractivity contribution >= 4 is 116 Å². The average molecular weight is 714 g/mol. The highest BCUT2D eigenvalue weighted by molar-refractivity contribution is 7.27. The molecule has 52 heavy (non-hydrogen) atoms. The Labute approximate surface area is 310 Å². The average Bonchev–Trinajstić information content (AvgIpc) is 3.96. The van der Waals surface area contributed by atoms with Crippen LogP contribution in [0.1, 0.15) is 0 Å². The van der Waals surface area contributed by atoms with E-state index in [0.717, 1.165) is 0 Å². The molecule has 0 amide bonds. The van der Waals surface area contributed by atoms with Crippen LogP contribution in [0.4, 0.5) is 0 Å². The number of hydrogen-bond acceptors (Lipinski definition) is 3. The fourth-order valence-corrected chi connectivity index (χ4v) is 12.0. The van der Waals surface area contributed by atoms with Gasteiger partial charge in [0.25, 0.3) is 0 Å². The Morgan fingerprint density at radius 2 is 0.865 bits per heavy atom.